The maximum Gasteiger partial charge on any atom is 0.269 e. The second kappa shape index (κ2) is 5.94. The Balaban J connectivity index is 1.86. The minimum atomic E-state index is -0.514. The van der Waals surface area contributed by atoms with Gasteiger partial charge in [-0.3, -0.25) is 20.2 Å². The van der Waals surface area contributed by atoms with E-state index in [2.05, 4.69) is 10.3 Å². The summed E-state index contributed by atoms with van der Waals surface area (Å²) >= 11 is 7.42. The summed E-state index contributed by atoms with van der Waals surface area (Å²) in [4.78, 5) is 26.7. The molecule has 2 aromatic carbocycles. The number of anilines is 1. The number of nitrogens with zero attached hydrogens (tertiary/aromatic N) is 2. The lowest BCUT2D eigenvalue weighted by Crippen LogP contribution is -2.11. The summed E-state index contributed by atoms with van der Waals surface area (Å²) < 4.78 is 0.811. The number of carbonyl (C=O) groups is 1. The monoisotopic (exact) mass is 347 g/mol. The van der Waals surface area contributed by atoms with E-state index in [1.807, 2.05) is 13.0 Å². The van der Waals surface area contributed by atoms with Crippen molar-refractivity contribution < 1.29 is 9.72 Å². The number of hydrogen-bond acceptors (Lipinski definition) is 5. The molecule has 0 saturated carbocycles. The number of non-ortho nitro benzene ring substituents is 1. The highest BCUT2D eigenvalue weighted by atomic mass is 35.5. The largest absolute Gasteiger partial charge is 0.298 e. The number of halogens is 1. The van der Waals surface area contributed by atoms with Gasteiger partial charge < -0.3 is 0 Å². The van der Waals surface area contributed by atoms with Gasteiger partial charge in [-0.25, -0.2) is 4.98 Å². The van der Waals surface area contributed by atoms with Crippen LogP contribution in [0.1, 0.15) is 15.9 Å². The molecule has 0 radical (unpaired) electrons. The summed E-state index contributed by atoms with van der Waals surface area (Å²) in [7, 11) is 0. The minimum Gasteiger partial charge on any atom is -0.298 e. The number of benzene rings is 2. The number of hydrogen-bond donors (Lipinski definition) is 1. The number of nitro benzene ring substituents is 1. The van der Waals surface area contributed by atoms with Gasteiger partial charge in [-0.15, -0.1) is 0 Å². The normalized spacial score (nSPS) is 10.7. The Morgan fingerprint density at radius 1 is 1.26 bits per heavy atom. The van der Waals surface area contributed by atoms with Crippen molar-refractivity contribution in [1.82, 2.24) is 4.98 Å². The second-order valence-corrected chi connectivity index (χ2v) is 6.23. The van der Waals surface area contributed by atoms with Crippen LogP contribution >= 0.6 is 22.9 Å². The molecule has 1 aromatic heterocycles. The molecule has 116 valence electrons. The van der Waals surface area contributed by atoms with Crippen molar-refractivity contribution in [2.24, 2.45) is 0 Å². The number of rotatable bonds is 3. The third-order valence-corrected chi connectivity index (χ3v) is 4.69. The number of amides is 1. The lowest BCUT2D eigenvalue weighted by Gasteiger charge is -2.01. The van der Waals surface area contributed by atoms with E-state index in [1.165, 1.54) is 35.6 Å². The van der Waals surface area contributed by atoms with Crippen LogP contribution in [0.25, 0.3) is 10.2 Å². The standard InChI is InChI=1S/C15H10ClN3O3S/c1-8-2-7-11(16)13-12(8)17-15(23-13)18-14(20)9-3-5-10(6-4-9)19(21)22/h2-7H,1H3,(H,17,18,20). The van der Waals surface area contributed by atoms with Crippen molar-refractivity contribution in [2.45, 2.75) is 6.92 Å². The van der Waals surface area contributed by atoms with Crippen LogP contribution in [0.4, 0.5) is 10.8 Å². The number of nitrogens with one attached hydrogen (secondary N) is 1. The third-order valence-electron chi connectivity index (χ3n) is 3.26. The maximum absolute atomic E-state index is 12.2. The molecule has 3 rings (SSSR count). The smallest absolute Gasteiger partial charge is 0.269 e. The zero-order valence-electron chi connectivity index (χ0n) is 11.9. The predicted octanol–water partition coefficient (Wildman–Crippen LogP) is 4.42. The number of thiazole rings is 1. The van der Waals surface area contributed by atoms with Crippen molar-refractivity contribution in [3.8, 4) is 0 Å². The summed E-state index contributed by atoms with van der Waals surface area (Å²) in [5.74, 6) is -0.382. The molecule has 1 N–H and O–H groups in total. The van der Waals surface area contributed by atoms with Gasteiger partial charge in [0.1, 0.15) is 0 Å². The lowest BCUT2D eigenvalue weighted by atomic mass is 10.2. The maximum atomic E-state index is 12.2. The van der Waals surface area contributed by atoms with Crippen LogP contribution in [0.15, 0.2) is 36.4 Å². The van der Waals surface area contributed by atoms with Crippen LogP contribution in [-0.2, 0) is 0 Å². The molecule has 0 saturated heterocycles. The van der Waals surface area contributed by atoms with Gasteiger partial charge in [0.2, 0.25) is 0 Å². The molecule has 3 aromatic rings. The van der Waals surface area contributed by atoms with E-state index in [0.29, 0.717) is 15.7 Å². The van der Waals surface area contributed by atoms with E-state index in [4.69, 9.17) is 11.6 Å². The highest BCUT2D eigenvalue weighted by molar-refractivity contribution is 7.23. The first-order valence-corrected chi connectivity index (χ1v) is 7.76. The second-order valence-electron chi connectivity index (χ2n) is 4.82. The van der Waals surface area contributed by atoms with Crippen LogP contribution in [-0.4, -0.2) is 15.8 Å². The topological polar surface area (TPSA) is 85.1 Å². The van der Waals surface area contributed by atoms with Crippen LogP contribution in [0.3, 0.4) is 0 Å². The molecule has 0 aliphatic carbocycles. The fourth-order valence-corrected chi connectivity index (χ4v) is 3.27. The summed E-state index contributed by atoms with van der Waals surface area (Å²) in [5.41, 5.74) is 1.97. The molecule has 0 spiro atoms. The summed E-state index contributed by atoms with van der Waals surface area (Å²) in [6.07, 6.45) is 0. The Morgan fingerprint density at radius 2 is 1.96 bits per heavy atom. The number of carbonyl (C=O) groups excluding carboxylic acids is 1. The first kappa shape index (κ1) is 15.4. The van der Waals surface area contributed by atoms with Crippen molar-refractivity contribution in [2.75, 3.05) is 5.32 Å². The molecular formula is C15H10ClN3O3S. The molecule has 23 heavy (non-hydrogen) atoms. The fourth-order valence-electron chi connectivity index (χ4n) is 2.06. The Hall–Kier alpha value is -2.51. The van der Waals surface area contributed by atoms with Crippen molar-refractivity contribution in [1.29, 1.82) is 0 Å². The molecule has 0 atom stereocenters. The molecule has 0 fully saturated rings. The van der Waals surface area contributed by atoms with Gasteiger partial charge in [-0.2, -0.15) is 0 Å². The zero-order chi connectivity index (χ0) is 16.6. The quantitative estimate of drug-likeness (QED) is 0.561. The van der Waals surface area contributed by atoms with E-state index in [9.17, 15) is 14.9 Å². The van der Waals surface area contributed by atoms with E-state index in [-0.39, 0.29) is 11.6 Å². The Labute approximate surface area is 139 Å². The number of aryl methyl sites for hydroxylation is 1. The van der Waals surface area contributed by atoms with E-state index in [0.717, 1.165) is 15.8 Å². The molecular weight excluding hydrogens is 338 g/mol. The van der Waals surface area contributed by atoms with E-state index >= 15 is 0 Å². The molecule has 1 heterocycles. The highest BCUT2D eigenvalue weighted by Crippen LogP contribution is 2.34. The van der Waals surface area contributed by atoms with Crippen LogP contribution in [0, 0.1) is 17.0 Å². The first-order valence-electron chi connectivity index (χ1n) is 6.57. The van der Waals surface area contributed by atoms with Gasteiger partial charge in [0.25, 0.3) is 11.6 Å². The molecule has 8 heteroatoms. The average Bonchev–Trinajstić information content (AvgIpc) is 2.96. The molecule has 0 aliphatic rings. The van der Waals surface area contributed by atoms with Gasteiger partial charge in [0.15, 0.2) is 5.13 Å². The first-order chi connectivity index (χ1) is 11.0. The SMILES string of the molecule is Cc1ccc(Cl)c2sc(NC(=O)c3ccc([N+](=O)[O-])cc3)nc12. The predicted molar refractivity (Wildman–Crippen MR) is 90.4 cm³/mol. The highest BCUT2D eigenvalue weighted by Gasteiger charge is 2.14. The Morgan fingerprint density at radius 3 is 2.57 bits per heavy atom. The Bertz CT molecular complexity index is 883. The number of fused-ring (bicyclic) bond motifs is 1. The van der Waals surface area contributed by atoms with E-state index < -0.39 is 4.92 Å². The number of nitro groups is 1. The van der Waals surface area contributed by atoms with Crippen LogP contribution in [0.2, 0.25) is 5.02 Å². The van der Waals surface area contributed by atoms with Gasteiger partial charge in [0, 0.05) is 17.7 Å². The van der Waals surface area contributed by atoms with E-state index in [1.54, 1.807) is 6.07 Å². The molecule has 0 bridgehead atoms. The third kappa shape index (κ3) is 3.01. The molecule has 6 nitrogen and oxygen atoms in total. The molecule has 0 aliphatic heterocycles. The van der Waals surface area contributed by atoms with Crippen molar-refractivity contribution in [3.63, 3.8) is 0 Å². The summed E-state index contributed by atoms with van der Waals surface area (Å²) in [6, 6.07) is 9.03. The average molecular weight is 348 g/mol. The summed E-state index contributed by atoms with van der Waals surface area (Å²) in [5, 5.41) is 14.3. The van der Waals surface area contributed by atoms with Crippen LogP contribution in [0.5, 0.6) is 0 Å². The van der Waals surface area contributed by atoms with Gasteiger partial charge >= 0.3 is 0 Å². The molecule has 0 unspecified atom stereocenters. The van der Waals surface area contributed by atoms with Crippen molar-refractivity contribution in [3.05, 3.63) is 62.7 Å². The van der Waals surface area contributed by atoms with Gasteiger partial charge in [0.05, 0.1) is 20.2 Å². The fraction of sp³-hybridized carbons (Fsp3) is 0.0667. The lowest BCUT2D eigenvalue weighted by molar-refractivity contribution is -0.384. The minimum absolute atomic E-state index is 0.0658. The molecule has 1 amide bonds. The van der Waals surface area contributed by atoms with Gasteiger partial charge in [-0.05, 0) is 30.7 Å². The summed E-state index contributed by atoms with van der Waals surface area (Å²) in [6.45, 7) is 1.92. The number of aromatic nitrogens is 1. The zero-order valence-corrected chi connectivity index (χ0v) is 13.4. The van der Waals surface area contributed by atoms with Crippen molar-refractivity contribution >= 4 is 49.9 Å². The van der Waals surface area contributed by atoms with Crippen LogP contribution < -0.4 is 5.32 Å². The van der Waals surface area contributed by atoms with Gasteiger partial charge in [-0.1, -0.05) is 29.0 Å². The Kier molecular flexibility index (Phi) is 3.97.